The quantitative estimate of drug-likeness (QED) is 0.496. The van der Waals surface area contributed by atoms with Crippen LogP contribution in [0.15, 0.2) is 72.8 Å². The van der Waals surface area contributed by atoms with E-state index in [0.29, 0.717) is 22.9 Å². The van der Waals surface area contributed by atoms with E-state index < -0.39 is 0 Å². The first-order chi connectivity index (χ1) is 17.1. The molecule has 3 aromatic rings. The molecule has 0 bridgehead atoms. The monoisotopic (exact) mass is 507 g/mol. The van der Waals surface area contributed by atoms with Crippen LogP contribution < -0.4 is 10.2 Å². The molecule has 2 aliphatic rings. The highest BCUT2D eigenvalue weighted by Crippen LogP contribution is 2.39. The normalized spacial score (nSPS) is 18.1. The van der Waals surface area contributed by atoms with Gasteiger partial charge < -0.3 is 19.9 Å². The SMILES string of the molecule is O=C(Nc1ccc(N2CCOCC2)cc1)c1ccc([C@H]2SCC(=O)N2Cc2ccc(Cl)cc2)cc1. The van der Waals surface area contributed by atoms with Crippen LogP contribution in [0.1, 0.15) is 26.9 Å². The summed E-state index contributed by atoms with van der Waals surface area (Å²) in [6, 6.07) is 22.9. The molecule has 2 heterocycles. The molecular weight excluding hydrogens is 482 g/mol. The second kappa shape index (κ2) is 10.7. The molecule has 2 aliphatic heterocycles. The van der Waals surface area contributed by atoms with Crippen LogP contribution in [0.3, 0.4) is 0 Å². The highest BCUT2D eigenvalue weighted by Gasteiger charge is 2.32. The minimum absolute atomic E-state index is 0.0805. The lowest BCUT2D eigenvalue weighted by atomic mass is 10.1. The topological polar surface area (TPSA) is 61.9 Å². The van der Waals surface area contributed by atoms with E-state index in [1.807, 2.05) is 77.7 Å². The summed E-state index contributed by atoms with van der Waals surface area (Å²) in [5.74, 6) is 0.391. The Kier molecular flexibility index (Phi) is 7.27. The van der Waals surface area contributed by atoms with Crippen LogP contribution in [-0.4, -0.2) is 48.8 Å². The molecule has 0 saturated carbocycles. The lowest BCUT2D eigenvalue weighted by Crippen LogP contribution is -2.36. The zero-order chi connectivity index (χ0) is 24.2. The summed E-state index contributed by atoms with van der Waals surface area (Å²) < 4.78 is 5.41. The number of amides is 2. The molecule has 180 valence electrons. The Morgan fingerprint density at radius 3 is 2.34 bits per heavy atom. The fourth-order valence-electron chi connectivity index (χ4n) is 4.27. The minimum Gasteiger partial charge on any atom is -0.378 e. The van der Waals surface area contributed by atoms with E-state index in [0.717, 1.165) is 48.8 Å². The van der Waals surface area contributed by atoms with Crippen LogP contribution in [0, 0.1) is 0 Å². The number of rotatable bonds is 6. The summed E-state index contributed by atoms with van der Waals surface area (Å²) in [5.41, 5.74) is 4.49. The lowest BCUT2D eigenvalue weighted by Gasteiger charge is -2.28. The van der Waals surface area contributed by atoms with Crippen molar-refractivity contribution in [2.24, 2.45) is 0 Å². The van der Waals surface area contributed by atoms with Crippen molar-refractivity contribution in [1.29, 1.82) is 0 Å². The number of nitrogens with one attached hydrogen (secondary N) is 1. The maximum absolute atomic E-state index is 12.8. The molecule has 8 heteroatoms. The second-order valence-corrected chi connectivity index (χ2v) is 10.0. The van der Waals surface area contributed by atoms with Crippen molar-refractivity contribution >= 4 is 46.6 Å². The first-order valence-electron chi connectivity index (χ1n) is 11.6. The van der Waals surface area contributed by atoms with Crippen molar-refractivity contribution in [3.8, 4) is 0 Å². The number of carbonyl (C=O) groups excluding carboxylic acids is 2. The molecule has 0 unspecified atom stereocenters. The molecule has 5 rings (SSSR count). The van der Waals surface area contributed by atoms with Crippen molar-refractivity contribution in [2.75, 3.05) is 42.3 Å². The van der Waals surface area contributed by atoms with Crippen molar-refractivity contribution in [3.63, 3.8) is 0 Å². The molecule has 2 fully saturated rings. The van der Waals surface area contributed by atoms with E-state index in [1.165, 1.54) is 0 Å². The fourth-order valence-corrected chi connectivity index (χ4v) is 5.58. The molecule has 35 heavy (non-hydrogen) atoms. The molecule has 0 aromatic heterocycles. The van der Waals surface area contributed by atoms with Gasteiger partial charge in [0.1, 0.15) is 5.37 Å². The van der Waals surface area contributed by atoms with E-state index >= 15 is 0 Å². The van der Waals surface area contributed by atoms with E-state index in [4.69, 9.17) is 16.3 Å². The second-order valence-electron chi connectivity index (χ2n) is 8.53. The molecule has 1 N–H and O–H groups in total. The van der Waals surface area contributed by atoms with Gasteiger partial charge in [-0.25, -0.2) is 0 Å². The first kappa shape index (κ1) is 23.7. The van der Waals surface area contributed by atoms with Crippen molar-refractivity contribution in [3.05, 3.63) is 94.5 Å². The van der Waals surface area contributed by atoms with Gasteiger partial charge in [-0.3, -0.25) is 9.59 Å². The molecule has 1 atom stereocenters. The molecule has 3 aromatic carbocycles. The maximum Gasteiger partial charge on any atom is 0.255 e. The smallest absolute Gasteiger partial charge is 0.255 e. The number of nitrogens with zero attached hydrogens (tertiary/aromatic N) is 2. The molecule has 2 amide bonds. The molecule has 2 saturated heterocycles. The van der Waals surface area contributed by atoms with Gasteiger partial charge in [-0.1, -0.05) is 35.9 Å². The van der Waals surface area contributed by atoms with Gasteiger partial charge in [-0.15, -0.1) is 11.8 Å². The number of benzene rings is 3. The number of thioether (sulfide) groups is 1. The van der Waals surface area contributed by atoms with Crippen LogP contribution in [0.25, 0.3) is 0 Å². The highest BCUT2D eigenvalue weighted by molar-refractivity contribution is 8.00. The van der Waals surface area contributed by atoms with Crippen LogP contribution in [-0.2, 0) is 16.1 Å². The molecule has 0 aliphatic carbocycles. The van der Waals surface area contributed by atoms with Crippen LogP contribution in [0.4, 0.5) is 11.4 Å². The van der Waals surface area contributed by atoms with E-state index in [2.05, 4.69) is 10.2 Å². The number of carbonyl (C=O) groups is 2. The Bertz CT molecular complexity index is 1180. The van der Waals surface area contributed by atoms with Crippen molar-refractivity contribution < 1.29 is 14.3 Å². The predicted octanol–water partition coefficient (Wildman–Crippen LogP) is 5.20. The Morgan fingerprint density at radius 1 is 0.971 bits per heavy atom. The number of halogens is 1. The fraction of sp³-hybridized carbons (Fsp3) is 0.259. The van der Waals surface area contributed by atoms with Crippen LogP contribution in [0.2, 0.25) is 5.02 Å². The van der Waals surface area contributed by atoms with Gasteiger partial charge in [0.05, 0.1) is 19.0 Å². The van der Waals surface area contributed by atoms with E-state index in [1.54, 1.807) is 11.8 Å². The number of hydrogen-bond donors (Lipinski definition) is 1. The molecular formula is C27H26ClN3O3S. The zero-order valence-electron chi connectivity index (χ0n) is 19.2. The first-order valence-corrected chi connectivity index (χ1v) is 13.0. The van der Waals surface area contributed by atoms with E-state index in [-0.39, 0.29) is 17.2 Å². The standard InChI is InChI=1S/C27H26ClN3O3S/c28-22-7-1-19(2-8-22)17-31-25(32)18-35-27(31)21-5-3-20(4-6-21)26(33)29-23-9-11-24(12-10-23)30-13-15-34-16-14-30/h1-12,27H,13-18H2,(H,29,33)/t27-/m1/s1. The largest absolute Gasteiger partial charge is 0.378 e. The summed E-state index contributed by atoms with van der Waals surface area (Å²) in [6.45, 7) is 3.75. The van der Waals surface area contributed by atoms with Crippen LogP contribution in [0.5, 0.6) is 0 Å². The number of morpholine rings is 1. The van der Waals surface area contributed by atoms with Crippen molar-refractivity contribution in [2.45, 2.75) is 11.9 Å². The molecule has 0 spiro atoms. The minimum atomic E-state index is -0.163. The summed E-state index contributed by atoms with van der Waals surface area (Å²) in [7, 11) is 0. The van der Waals surface area contributed by atoms with Gasteiger partial charge in [-0.05, 0) is 59.7 Å². The number of anilines is 2. The average molecular weight is 508 g/mol. The van der Waals surface area contributed by atoms with Gasteiger partial charge >= 0.3 is 0 Å². The highest BCUT2D eigenvalue weighted by atomic mass is 35.5. The molecule has 0 radical (unpaired) electrons. The lowest BCUT2D eigenvalue weighted by molar-refractivity contribution is -0.128. The Labute approximate surface area is 214 Å². The number of ether oxygens (including phenoxy) is 1. The van der Waals surface area contributed by atoms with Crippen LogP contribution >= 0.6 is 23.4 Å². The summed E-state index contributed by atoms with van der Waals surface area (Å²) >= 11 is 7.59. The maximum atomic E-state index is 12.8. The Hall–Kier alpha value is -3.00. The van der Waals surface area contributed by atoms with Gasteiger partial charge in [-0.2, -0.15) is 0 Å². The Morgan fingerprint density at radius 2 is 1.66 bits per heavy atom. The molecule has 6 nitrogen and oxygen atoms in total. The number of hydrogen-bond acceptors (Lipinski definition) is 5. The van der Waals surface area contributed by atoms with Gasteiger partial charge in [0.25, 0.3) is 5.91 Å². The summed E-state index contributed by atoms with van der Waals surface area (Å²) in [4.78, 5) is 29.5. The van der Waals surface area contributed by atoms with E-state index in [9.17, 15) is 9.59 Å². The summed E-state index contributed by atoms with van der Waals surface area (Å²) in [5, 5.41) is 3.56. The zero-order valence-corrected chi connectivity index (χ0v) is 20.7. The van der Waals surface area contributed by atoms with Gasteiger partial charge in [0.2, 0.25) is 5.91 Å². The van der Waals surface area contributed by atoms with Crippen molar-refractivity contribution in [1.82, 2.24) is 4.90 Å². The van der Waals surface area contributed by atoms with Gasteiger partial charge in [0, 0.05) is 41.6 Å². The Balaban J connectivity index is 1.22. The third kappa shape index (κ3) is 5.64. The third-order valence-corrected chi connectivity index (χ3v) is 7.70. The third-order valence-electron chi connectivity index (χ3n) is 6.19. The summed E-state index contributed by atoms with van der Waals surface area (Å²) in [6.07, 6.45) is 0. The average Bonchev–Trinajstić information content (AvgIpc) is 3.26. The predicted molar refractivity (Wildman–Crippen MR) is 141 cm³/mol. The van der Waals surface area contributed by atoms with Gasteiger partial charge in [0.15, 0.2) is 0 Å².